The first-order valence-corrected chi connectivity index (χ1v) is 15.1. The molecule has 2 aliphatic heterocycles. The molecular weight excluding hydrogens is 571 g/mol. The van der Waals surface area contributed by atoms with E-state index in [1.807, 2.05) is 6.92 Å². The molecular formula is C33H31FN2O6S. The molecule has 10 heteroatoms. The van der Waals surface area contributed by atoms with Crippen LogP contribution in [0.2, 0.25) is 0 Å². The molecule has 0 radical (unpaired) electrons. The molecule has 1 saturated heterocycles. The third-order valence-electron chi connectivity index (χ3n) is 7.67. The van der Waals surface area contributed by atoms with Gasteiger partial charge >= 0.3 is 5.91 Å². The molecule has 0 spiro atoms. The number of hydrogen-bond donors (Lipinski definition) is 1. The van der Waals surface area contributed by atoms with Crippen LogP contribution in [0.5, 0.6) is 17.2 Å². The fraction of sp³-hybridized carbons (Fsp3) is 0.303. The monoisotopic (exact) mass is 602 g/mol. The highest BCUT2D eigenvalue weighted by Crippen LogP contribution is 2.46. The van der Waals surface area contributed by atoms with Crippen molar-refractivity contribution < 1.29 is 33.3 Å². The lowest BCUT2D eigenvalue weighted by atomic mass is 9.94. The van der Waals surface area contributed by atoms with E-state index < -0.39 is 23.5 Å². The Morgan fingerprint density at radius 2 is 1.95 bits per heavy atom. The van der Waals surface area contributed by atoms with Crippen LogP contribution in [0.4, 0.5) is 9.52 Å². The summed E-state index contributed by atoms with van der Waals surface area (Å²) >= 11 is 1.09. The van der Waals surface area contributed by atoms with Crippen LogP contribution >= 0.6 is 11.3 Å². The molecule has 2 atom stereocenters. The van der Waals surface area contributed by atoms with Crippen LogP contribution in [-0.2, 0) is 16.0 Å². The van der Waals surface area contributed by atoms with Crippen molar-refractivity contribution in [3.05, 3.63) is 82.7 Å². The van der Waals surface area contributed by atoms with Crippen molar-refractivity contribution in [1.29, 1.82) is 0 Å². The molecule has 1 N–H and O–H groups in total. The number of aliphatic hydroxyl groups is 1. The minimum atomic E-state index is -1.03. The Labute approximate surface area is 252 Å². The van der Waals surface area contributed by atoms with Gasteiger partial charge in [0.2, 0.25) is 0 Å². The second kappa shape index (κ2) is 11.7. The number of halogens is 1. The zero-order chi connectivity index (χ0) is 30.2. The number of ether oxygens (including phenoxy) is 3. The van der Waals surface area contributed by atoms with Crippen LogP contribution in [0.3, 0.4) is 0 Å². The van der Waals surface area contributed by atoms with Gasteiger partial charge in [0.25, 0.3) is 5.78 Å². The summed E-state index contributed by atoms with van der Waals surface area (Å²) in [6, 6.07) is 13.5. The summed E-state index contributed by atoms with van der Waals surface area (Å²) in [6.07, 6.45) is 3.65. The SMILES string of the molecule is CCCCCOc1ccc([C@@H]2C(=C(O)c3ccc4c(c3)C[C@@H](C)O4)C(=O)C(=O)N2c2nc3ccc(F)cc3s2)cc1OC. The maximum Gasteiger partial charge on any atom is 0.301 e. The van der Waals surface area contributed by atoms with E-state index in [2.05, 4.69) is 11.9 Å². The van der Waals surface area contributed by atoms with Crippen molar-refractivity contribution in [3.8, 4) is 17.2 Å². The number of thiazole rings is 1. The summed E-state index contributed by atoms with van der Waals surface area (Å²) in [6.45, 7) is 4.59. The van der Waals surface area contributed by atoms with E-state index >= 15 is 0 Å². The van der Waals surface area contributed by atoms with Gasteiger partial charge < -0.3 is 19.3 Å². The zero-order valence-electron chi connectivity index (χ0n) is 24.1. The van der Waals surface area contributed by atoms with Gasteiger partial charge in [0, 0.05) is 12.0 Å². The second-order valence-electron chi connectivity index (χ2n) is 10.7. The molecule has 43 heavy (non-hydrogen) atoms. The number of hydrogen-bond acceptors (Lipinski definition) is 8. The Morgan fingerprint density at radius 1 is 1.12 bits per heavy atom. The molecule has 0 unspecified atom stereocenters. The first-order chi connectivity index (χ1) is 20.8. The Balaban J connectivity index is 1.48. The zero-order valence-corrected chi connectivity index (χ0v) is 24.9. The molecule has 1 amide bonds. The normalized spacial score (nSPS) is 19.1. The molecule has 1 aromatic heterocycles. The van der Waals surface area contributed by atoms with Crippen LogP contribution in [0.25, 0.3) is 16.0 Å². The summed E-state index contributed by atoms with van der Waals surface area (Å²) < 4.78 is 31.9. The predicted molar refractivity (Wildman–Crippen MR) is 163 cm³/mol. The van der Waals surface area contributed by atoms with Gasteiger partial charge in [0.1, 0.15) is 23.4 Å². The third-order valence-corrected chi connectivity index (χ3v) is 8.69. The Morgan fingerprint density at radius 3 is 2.74 bits per heavy atom. The van der Waals surface area contributed by atoms with Crippen LogP contribution in [0.15, 0.2) is 60.2 Å². The largest absolute Gasteiger partial charge is 0.507 e. The number of Topliss-reactive ketones (excluding diaryl/α,β-unsaturated/α-hetero) is 1. The Bertz CT molecular complexity index is 1770. The lowest BCUT2D eigenvalue weighted by Crippen LogP contribution is -2.29. The number of anilines is 1. The third kappa shape index (κ3) is 5.31. The molecule has 0 aliphatic carbocycles. The first kappa shape index (κ1) is 28.7. The lowest BCUT2D eigenvalue weighted by Gasteiger charge is -2.24. The first-order valence-electron chi connectivity index (χ1n) is 14.3. The van der Waals surface area contributed by atoms with Crippen LogP contribution in [0, 0.1) is 5.82 Å². The van der Waals surface area contributed by atoms with Gasteiger partial charge in [-0.3, -0.25) is 14.5 Å². The smallest absolute Gasteiger partial charge is 0.301 e. The summed E-state index contributed by atoms with van der Waals surface area (Å²) in [4.78, 5) is 33.2. The van der Waals surface area contributed by atoms with E-state index in [1.54, 1.807) is 36.4 Å². The van der Waals surface area contributed by atoms with Gasteiger partial charge in [-0.15, -0.1) is 0 Å². The predicted octanol–water partition coefficient (Wildman–Crippen LogP) is 6.96. The number of rotatable bonds is 9. The molecule has 0 bridgehead atoms. The molecule has 222 valence electrons. The molecule has 6 rings (SSSR count). The molecule has 3 aromatic carbocycles. The summed E-state index contributed by atoms with van der Waals surface area (Å²) in [5, 5.41) is 11.9. The quantitative estimate of drug-likeness (QED) is 0.0957. The maximum atomic E-state index is 14.0. The van der Waals surface area contributed by atoms with Gasteiger partial charge in [0.05, 0.1) is 35.5 Å². The van der Waals surface area contributed by atoms with Crippen molar-refractivity contribution in [2.75, 3.05) is 18.6 Å². The highest BCUT2D eigenvalue weighted by Gasteiger charge is 2.48. The van der Waals surface area contributed by atoms with Crippen LogP contribution in [0.1, 0.15) is 55.8 Å². The number of nitrogens with zero attached hydrogens (tertiary/aromatic N) is 2. The van der Waals surface area contributed by atoms with E-state index in [4.69, 9.17) is 14.2 Å². The fourth-order valence-electron chi connectivity index (χ4n) is 5.57. The van der Waals surface area contributed by atoms with Gasteiger partial charge in [-0.25, -0.2) is 9.37 Å². The number of benzene rings is 3. The fourth-order valence-corrected chi connectivity index (χ4v) is 6.58. The topological polar surface area (TPSA) is 98.2 Å². The number of methoxy groups -OCH3 is 1. The maximum absolute atomic E-state index is 14.0. The van der Waals surface area contributed by atoms with Gasteiger partial charge in [0.15, 0.2) is 16.6 Å². The van der Waals surface area contributed by atoms with Gasteiger partial charge in [-0.1, -0.05) is 37.2 Å². The van der Waals surface area contributed by atoms with Crippen LogP contribution < -0.4 is 19.1 Å². The standard InChI is InChI=1S/C33H31FN2O6S/c1-4-5-6-13-41-25-12-7-19(16-26(25)40-3)29-28(30(37)20-8-11-24-21(15-20)14-18(2)42-24)31(38)32(39)36(29)33-35-23-10-9-22(34)17-27(23)43-33/h7-12,15-18,29,37H,4-6,13-14H2,1-3H3/t18-,29-/m1/s1. The number of carbonyl (C=O) groups is 2. The van der Waals surface area contributed by atoms with E-state index in [9.17, 15) is 19.1 Å². The number of aromatic nitrogens is 1. The number of ketones is 1. The highest BCUT2D eigenvalue weighted by atomic mass is 32.1. The lowest BCUT2D eigenvalue weighted by molar-refractivity contribution is -0.132. The van der Waals surface area contributed by atoms with E-state index in [0.29, 0.717) is 45.9 Å². The van der Waals surface area contributed by atoms with E-state index in [1.165, 1.54) is 30.2 Å². The summed E-state index contributed by atoms with van der Waals surface area (Å²) in [5.74, 6) is -0.756. The van der Waals surface area contributed by atoms with Crippen LogP contribution in [-0.4, -0.2) is 41.6 Å². The number of unbranched alkanes of at least 4 members (excludes halogenated alkanes) is 2. The molecule has 3 heterocycles. The highest BCUT2D eigenvalue weighted by molar-refractivity contribution is 7.22. The molecule has 2 aliphatic rings. The molecule has 4 aromatic rings. The second-order valence-corrected chi connectivity index (χ2v) is 11.7. The number of amides is 1. The van der Waals surface area contributed by atoms with E-state index in [0.717, 1.165) is 41.9 Å². The molecule has 0 saturated carbocycles. The minimum Gasteiger partial charge on any atom is -0.507 e. The summed E-state index contributed by atoms with van der Waals surface area (Å²) in [5.41, 5.74) is 2.22. The average molecular weight is 603 g/mol. The molecule has 8 nitrogen and oxygen atoms in total. The Kier molecular flexibility index (Phi) is 7.79. The summed E-state index contributed by atoms with van der Waals surface area (Å²) in [7, 11) is 1.52. The number of aliphatic hydroxyl groups excluding tert-OH is 1. The van der Waals surface area contributed by atoms with Crippen molar-refractivity contribution >= 4 is 44.1 Å². The Hall–Kier alpha value is -4.44. The van der Waals surface area contributed by atoms with Gasteiger partial charge in [-0.2, -0.15) is 0 Å². The van der Waals surface area contributed by atoms with E-state index in [-0.39, 0.29) is 22.6 Å². The van der Waals surface area contributed by atoms with Crippen molar-refractivity contribution in [3.63, 3.8) is 0 Å². The minimum absolute atomic E-state index is 0.00276. The molecule has 1 fully saturated rings. The average Bonchev–Trinajstić information content (AvgIpc) is 3.66. The number of carbonyl (C=O) groups excluding carboxylic acids is 2. The van der Waals surface area contributed by atoms with Crippen molar-refractivity contribution in [2.24, 2.45) is 0 Å². The van der Waals surface area contributed by atoms with Gasteiger partial charge in [-0.05, 0) is 73.0 Å². The van der Waals surface area contributed by atoms with Crippen molar-refractivity contribution in [1.82, 2.24) is 4.98 Å². The number of fused-ring (bicyclic) bond motifs is 2. The van der Waals surface area contributed by atoms with Crippen molar-refractivity contribution in [2.45, 2.75) is 51.7 Å².